The van der Waals surface area contributed by atoms with E-state index in [-0.39, 0.29) is 25.7 Å². The zero-order chi connectivity index (χ0) is 15.9. The fraction of sp³-hybridized carbons (Fsp3) is 0.600. The second-order valence-electron chi connectivity index (χ2n) is 4.85. The molecule has 0 aliphatic heterocycles. The lowest BCUT2D eigenvalue weighted by molar-refractivity contribution is -0.138. The lowest BCUT2D eigenvalue weighted by atomic mass is 10.0. The second kappa shape index (κ2) is 8.24. The molecule has 0 saturated carbocycles. The maximum absolute atomic E-state index is 12.0. The Morgan fingerprint density at radius 2 is 2.00 bits per heavy atom. The highest BCUT2D eigenvalue weighted by atomic mass is 19.4. The first-order valence-electron chi connectivity index (χ1n) is 6.86. The molecule has 21 heavy (non-hydrogen) atoms. The summed E-state index contributed by atoms with van der Waals surface area (Å²) < 4.78 is 46.6. The van der Waals surface area contributed by atoms with E-state index in [1.807, 2.05) is 32.2 Å². The Morgan fingerprint density at radius 1 is 1.29 bits per heavy atom. The molecule has 6 heteroatoms. The van der Waals surface area contributed by atoms with Gasteiger partial charge in [0.15, 0.2) is 0 Å². The summed E-state index contributed by atoms with van der Waals surface area (Å²) in [5, 5.41) is 3.13. The average molecular weight is 305 g/mol. The summed E-state index contributed by atoms with van der Waals surface area (Å²) in [5.74, 6) is 0.679. The SMILES string of the molecule is CNC(C)c1ccc(OC)c(COCCCC(F)(F)F)c1. The van der Waals surface area contributed by atoms with Gasteiger partial charge in [0.25, 0.3) is 0 Å². The van der Waals surface area contributed by atoms with Crippen molar-refractivity contribution in [2.45, 2.75) is 38.6 Å². The Kier molecular flexibility index (Phi) is 6.98. The molecule has 0 fully saturated rings. The number of nitrogens with one attached hydrogen (secondary N) is 1. The van der Waals surface area contributed by atoms with Gasteiger partial charge >= 0.3 is 6.18 Å². The number of alkyl halides is 3. The predicted molar refractivity (Wildman–Crippen MR) is 75.4 cm³/mol. The fourth-order valence-corrected chi connectivity index (χ4v) is 1.90. The molecular formula is C15H22F3NO2. The zero-order valence-corrected chi connectivity index (χ0v) is 12.6. The van der Waals surface area contributed by atoms with E-state index in [1.165, 1.54) is 0 Å². The van der Waals surface area contributed by atoms with Crippen LogP contribution in [0.25, 0.3) is 0 Å². The number of benzene rings is 1. The molecule has 0 bridgehead atoms. The number of halogens is 3. The molecule has 0 amide bonds. The molecule has 1 rings (SSSR count). The first-order valence-corrected chi connectivity index (χ1v) is 6.86. The number of ether oxygens (including phenoxy) is 2. The smallest absolute Gasteiger partial charge is 0.389 e. The molecule has 0 saturated heterocycles. The highest BCUT2D eigenvalue weighted by Gasteiger charge is 2.25. The van der Waals surface area contributed by atoms with E-state index in [1.54, 1.807) is 7.11 Å². The van der Waals surface area contributed by atoms with Crippen LogP contribution in [-0.2, 0) is 11.3 Å². The third-order valence-electron chi connectivity index (χ3n) is 3.24. The Balaban J connectivity index is 2.56. The van der Waals surface area contributed by atoms with Crippen LogP contribution in [0.4, 0.5) is 13.2 Å². The summed E-state index contributed by atoms with van der Waals surface area (Å²) in [5.41, 5.74) is 1.91. The minimum absolute atomic E-state index is 0.0293. The largest absolute Gasteiger partial charge is 0.496 e. The number of hydrogen-bond acceptors (Lipinski definition) is 3. The molecule has 1 aromatic rings. The van der Waals surface area contributed by atoms with E-state index in [0.29, 0.717) is 5.75 Å². The summed E-state index contributed by atoms with van der Waals surface area (Å²) >= 11 is 0. The molecule has 3 nitrogen and oxygen atoms in total. The van der Waals surface area contributed by atoms with Gasteiger partial charge in [-0.05, 0) is 38.1 Å². The summed E-state index contributed by atoms with van der Waals surface area (Å²) in [6, 6.07) is 5.92. The van der Waals surface area contributed by atoms with Crippen molar-refractivity contribution < 1.29 is 22.6 Å². The van der Waals surface area contributed by atoms with E-state index in [4.69, 9.17) is 9.47 Å². The minimum Gasteiger partial charge on any atom is -0.496 e. The summed E-state index contributed by atoms with van der Waals surface area (Å²) in [4.78, 5) is 0. The predicted octanol–water partition coefficient (Wildman–Crippen LogP) is 3.83. The van der Waals surface area contributed by atoms with Crippen LogP contribution in [0.1, 0.15) is 36.9 Å². The molecule has 1 unspecified atom stereocenters. The van der Waals surface area contributed by atoms with Crippen LogP contribution in [0.5, 0.6) is 5.75 Å². The Bertz CT molecular complexity index is 435. The summed E-state index contributed by atoms with van der Waals surface area (Å²) in [7, 11) is 3.42. The van der Waals surface area contributed by atoms with Gasteiger partial charge in [0.1, 0.15) is 5.75 Å². The maximum Gasteiger partial charge on any atom is 0.389 e. The van der Waals surface area contributed by atoms with Gasteiger partial charge in [0, 0.05) is 24.6 Å². The van der Waals surface area contributed by atoms with Gasteiger partial charge in [-0.1, -0.05) is 6.07 Å². The minimum atomic E-state index is -4.12. The molecule has 0 radical (unpaired) electrons. The summed E-state index contributed by atoms with van der Waals surface area (Å²) in [6.45, 7) is 2.34. The Hall–Kier alpha value is -1.27. The van der Waals surface area contributed by atoms with Gasteiger partial charge in [-0.25, -0.2) is 0 Å². The van der Waals surface area contributed by atoms with Crippen molar-refractivity contribution in [3.8, 4) is 5.75 Å². The van der Waals surface area contributed by atoms with Crippen molar-refractivity contribution in [3.05, 3.63) is 29.3 Å². The monoisotopic (exact) mass is 305 g/mol. The molecule has 1 N–H and O–H groups in total. The lowest BCUT2D eigenvalue weighted by Crippen LogP contribution is -2.13. The van der Waals surface area contributed by atoms with Crippen LogP contribution in [0.3, 0.4) is 0 Å². The van der Waals surface area contributed by atoms with Gasteiger partial charge < -0.3 is 14.8 Å². The van der Waals surface area contributed by atoms with Crippen molar-refractivity contribution >= 4 is 0 Å². The highest BCUT2D eigenvalue weighted by Crippen LogP contribution is 2.25. The lowest BCUT2D eigenvalue weighted by Gasteiger charge is -2.15. The van der Waals surface area contributed by atoms with Gasteiger partial charge in [-0.3, -0.25) is 0 Å². The van der Waals surface area contributed by atoms with Crippen molar-refractivity contribution in [2.75, 3.05) is 20.8 Å². The zero-order valence-electron chi connectivity index (χ0n) is 12.6. The van der Waals surface area contributed by atoms with Crippen molar-refractivity contribution in [1.29, 1.82) is 0 Å². The molecule has 0 aromatic heterocycles. The van der Waals surface area contributed by atoms with Crippen LogP contribution >= 0.6 is 0 Å². The Morgan fingerprint density at radius 3 is 2.57 bits per heavy atom. The molecule has 0 aliphatic carbocycles. The quantitative estimate of drug-likeness (QED) is 0.740. The number of rotatable bonds is 8. The number of hydrogen-bond donors (Lipinski definition) is 1. The third kappa shape index (κ3) is 6.35. The molecule has 0 aliphatic rings. The van der Waals surface area contributed by atoms with Crippen molar-refractivity contribution in [1.82, 2.24) is 5.32 Å². The van der Waals surface area contributed by atoms with Gasteiger partial charge in [-0.15, -0.1) is 0 Å². The molecule has 1 aromatic carbocycles. The highest BCUT2D eigenvalue weighted by molar-refractivity contribution is 5.38. The van der Waals surface area contributed by atoms with Gasteiger partial charge in [0.05, 0.1) is 13.7 Å². The van der Waals surface area contributed by atoms with Crippen LogP contribution < -0.4 is 10.1 Å². The normalized spacial score (nSPS) is 13.2. The van der Waals surface area contributed by atoms with Crippen molar-refractivity contribution in [3.63, 3.8) is 0 Å². The first-order chi connectivity index (χ1) is 9.87. The molecule has 0 heterocycles. The van der Waals surface area contributed by atoms with Crippen LogP contribution in [0.2, 0.25) is 0 Å². The molecule has 0 spiro atoms. The molecule has 1 atom stereocenters. The number of methoxy groups -OCH3 is 1. The molecule has 120 valence electrons. The second-order valence-corrected chi connectivity index (χ2v) is 4.85. The van der Waals surface area contributed by atoms with Crippen LogP contribution in [0, 0.1) is 0 Å². The van der Waals surface area contributed by atoms with Crippen LogP contribution in [-0.4, -0.2) is 26.9 Å². The topological polar surface area (TPSA) is 30.5 Å². The standard InChI is InChI=1S/C15H22F3NO2/c1-11(19-2)12-5-6-14(20-3)13(9-12)10-21-8-4-7-15(16,17)18/h5-6,9,11,19H,4,7-8,10H2,1-3H3. The first kappa shape index (κ1) is 17.8. The Labute approximate surface area is 123 Å². The molecular weight excluding hydrogens is 283 g/mol. The van der Waals surface area contributed by atoms with E-state index in [2.05, 4.69) is 5.32 Å². The average Bonchev–Trinajstić information content (AvgIpc) is 2.44. The van der Waals surface area contributed by atoms with E-state index < -0.39 is 12.6 Å². The third-order valence-corrected chi connectivity index (χ3v) is 3.24. The fourth-order valence-electron chi connectivity index (χ4n) is 1.90. The van der Waals surface area contributed by atoms with E-state index in [9.17, 15) is 13.2 Å². The van der Waals surface area contributed by atoms with Gasteiger partial charge in [-0.2, -0.15) is 13.2 Å². The van der Waals surface area contributed by atoms with Crippen LogP contribution in [0.15, 0.2) is 18.2 Å². The van der Waals surface area contributed by atoms with E-state index >= 15 is 0 Å². The maximum atomic E-state index is 12.0. The van der Waals surface area contributed by atoms with E-state index in [0.717, 1.165) is 11.1 Å². The summed E-state index contributed by atoms with van der Waals surface area (Å²) in [6.07, 6.45) is -4.97. The van der Waals surface area contributed by atoms with Crippen molar-refractivity contribution in [2.24, 2.45) is 0 Å². The van der Waals surface area contributed by atoms with Gasteiger partial charge in [0.2, 0.25) is 0 Å².